The first kappa shape index (κ1) is 13.4. The van der Waals surface area contributed by atoms with Crippen LogP contribution in [0.5, 0.6) is 0 Å². The third kappa shape index (κ3) is 2.05. The summed E-state index contributed by atoms with van der Waals surface area (Å²) in [7, 11) is 0. The first-order chi connectivity index (χ1) is 11.1. The maximum absolute atomic E-state index is 12.6. The minimum atomic E-state index is -0.172. The van der Waals surface area contributed by atoms with Gasteiger partial charge in [-0.3, -0.25) is 14.6 Å². The van der Waals surface area contributed by atoms with E-state index in [-0.39, 0.29) is 5.56 Å². The molecular formula is C16H14N6O. The van der Waals surface area contributed by atoms with E-state index < -0.39 is 0 Å². The summed E-state index contributed by atoms with van der Waals surface area (Å²) in [5, 5.41) is 7.06. The molecule has 0 unspecified atom stereocenters. The van der Waals surface area contributed by atoms with Crippen LogP contribution in [-0.4, -0.2) is 29.4 Å². The SMILES string of the molecule is Cc1cc(-c2c(C)n(-c3ccccc3)[nH]c2=O)n2ncnc2n1. The summed E-state index contributed by atoms with van der Waals surface area (Å²) in [5.41, 5.74) is 3.56. The molecule has 3 aromatic heterocycles. The lowest BCUT2D eigenvalue weighted by Gasteiger charge is -2.07. The third-order valence-corrected chi connectivity index (χ3v) is 3.79. The van der Waals surface area contributed by atoms with E-state index >= 15 is 0 Å². The van der Waals surface area contributed by atoms with Crippen LogP contribution < -0.4 is 5.56 Å². The Hall–Kier alpha value is -3.22. The zero-order chi connectivity index (χ0) is 16.0. The number of hydrogen-bond donors (Lipinski definition) is 1. The van der Waals surface area contributed by atoms with E-state index in [1.54, 1.807) is 9.20 Å². The molecule has 23 heavy (non-hydrogen) atoms. The highest BCUT2D eigenvalue weighted by molar-refractivity contribution is 5.64. The van der Waals surface area contributed by atoms with Crippen molar-refractivity contribution in [2.75, 3.05) is 0 Å². The summed E-state index contributed by atoms with van der Waals surface area (Å²) in [5.74, 6) is 0.478. The van der Waals surface area contributed by atoms with Crippen molar-refractivity contribution in [2.24, 2.45) is 0 Å². The molecule has 0 aliphatic rings. The number of nitrogens with one attached hydrogen (secondary N) is 1. The Balaban J connectivity index is 2.01. The third-order valence-electron chi connectivity index (χ3n) is 3.79. The largest absolute Gasteiger partial charge is 0.274 e. The van der Waals surface area contributed by atoms with E-state index in [2.05, 4.69) is 20.2 Å². The summed E-state index contributed by atoms with van der Waals surface area (Å²) in [6.45, 7) is 3.77. The molecule has 7 heteroatoms. The van der Waals surface area contributed by atoms with E-state index in [0.29, 0.717) is 17.0 Å². The van der Waals surface area contributed by atoms with Gasteiger partial charge in [0.25, 0.3) is 11.3 Å². The van der Waals surface area contributed by atoms with Crippen LogP contribution in [0.15, 0.2) is 47.5 Å². The van der Waals surface area contributed by atoms with Gasteiger partial charge in [-0.1, -0.05) is 18.2 Å². The van der Waals surface area contributed by atoms with Crippen molar-refractivity contribution in [2.45, 2.75) is 13.8 Å². The maximum atomic E-state index is 12.6. The monoisotopic (exact) mass is 306 g/mol. The Morgan fingerprint density at radius 1 is 1.13 bits per heavy atom. The summed E-state index contributed by atoms with van der Waals surface area (Å²) >= 11 is 0. The van der Waals surface area contributed by atoms with Crippen LogP contribution in [0.2, 0.25) is 0 Å². The van der Waals surface area contributed by atoms with Gasteiger partial charge in [0.2, 0.25) is 0 Å². The fraction of sp³-hybridized carbons (Fsp3) is 0.125. The zero-order valence-corrected chi connectivity index (χ0v) is 12.7. The van der Waals surface area contributed by atoms with E-state index in [1.165, 1.54) is 6.33 Å². The van der Waals surface area contributed by atoms with Gasteiger partial charge in [0, 0.05) is 5.69 Å². The lowest BCUT2D eigenvalue weighted by Crippen LogP contribution is -2.08. The number of hydrogen-bond acceptors (Lipinski definition) is 4. The molecule has 0 atom stereocenters. The lowest BCUT2D eigenvalue weighted by atomic mass is 10.1. The van der Waals surface area contributed by atoms with Gasteiger partial charge in [-0.2, -0.15) is 14.6 Å². The summed E-state index contributed by atoms with van der Waals surface area (Å²) < 4.78 is 3.36. The molecule has 0 spiro atoms. The molecule has 0 radical (unpaired) electrons. The fourth-order valence-electron chi connectivity index (χ4n) is 2.76. The molecular weight excluding hydrogens is 292 g/mol. The minimum Gasteiger partial charge on any atom is -0.267 e. The van der Waals surface area contributed by atoms with E-state index in [1.807, 2.05) is 50.2 Å². The normalized spacial score (nSPS) is 11.2. The number of para-hydroxylation sites is 1. The highest BCUT2D eigenvalue weighted by atomic mass is 16.1. The summed E-state index contributed by atoms with van der Waals surface area (Å²) in [6.07, 6.45) is 1.43. The summed E-state index contributed by atoms with van der Waals surface area (Å²) in [4.78, 5) is 21.0. The van der Waals surface area contributed by atoms with Crippen LogP contribution in [0.1, 0.15) is 11.4 Å². The number of aromatic amines is 1. The second kappa shape index (κ2) is 4.91. The van der Waals surface area contributed by atoms with Crippen molar-refractivity contribution in [3.05, 3.63) is 64.5 Å². The van der Waals surface area contributed by atoms with Crippen molar-refractivity contribution in [3.63, 3.8) is 0 Å². The molecule has 0 aliphatic heterocycles. The molecule has 0 saturated carbocycles. The molecule has 114 valence electrons. The molecule has 4 rings (SSSR count). The van der Waals surface area contributed by atoms with Crippen molar-refractivity contribution in [1.82, 2.24) is 29.4 Å². The Morgan fingerprint density at radius 3 is 2.70 bits per heavy atom. The highest BCUT2D eigenvalue weighted by Crippen LogP contribution is 2.22. The van der Waals surface area contributed by atoms with Crippen molar-refractivity contribution in [3.8, 4) is 16.9 Å². The molecule has 1 N–H and O–H groups in total. The number of benzene rings is 1. The van der Waals surface area contributed by atoms with Gasteiger partial charge in [0.15, 0.2) is 0 Å². The van der Waals surface area contributed by atoms with Crippen LogP contribution in [0.3, 0.4) is 0 Å². The Labute approximate surface area is 131 Å². The average molecular weight is 306 g/mol. The predicted octanol–water partition coefficient (Wildman–Crippen LogP) is 1.89. The van der Waals surface area contributed by atoms with E-state index in [4.69, 9.17) is 0 Å². The Kier molecular flexibility index (Phi) is 2.87. The molecule has 0 amide bonds. The van der Waals surface area contributed by atoms with Gasteiger partial charge in [-0.25, -0.2) is 4.98 Å². The van der Waals surface area contributed by atoms with Gasteiger partial charge in [0.05, 0.1) is 22.6 Å². The maximum Gasteiger partial charge on any atom is 0.274 e. The average Bonchev–Trinajstić information content (AvgIpc) is 3.12. The second-order valence-corrected chi connectivity index (χ2v) is 5.33. The number of aromatic nitrogens is 6. The van der Waals surface area contributed by atoms with Gasteiger partial charge in [-0.15, -0.1) is 0 Å². The van der Waals surface area contributed by atoms with Crippen LogP contribution >= 0.6 is 0 Å². The minimum absolute atomic E-state index is 0.172. The van der Waals surface area contributed by atoms with Crippen molar-refractivity contribution >= 4 is 5.78 Å². The van der Waals surface area contributed by atoms with Gasteiger partial charge in [0.1, 0.15) is 6.33 Å². The molecule has 0 aliphatic carbocycles. The Morgan fingerprint density at radius 2 is 1.91 bits per heavy atom. The smallest absolute Gasteiger partial charge is 0.267 e. The molecule has 0 saturated heterocycles. The number of fused-ring (bicyclic) bond motifs is 1. The number of H-pyrrole nitrogens is 1. The van der Waals surface area contributed by atoms with Gasteiger partial charge in [-0.05, 0) is 32.0 Å². The molecule has 7 nitrogen and oxygen atoms in total. The van der Waals surface area contributed by atoms with Crippen molar-refractivity contribution < 1.29 is 0 Å². The highest BCUT2D eigenvalue weighted by Gasteiger charge is 2.18. The van der Waals surface area contributed by atoms with Crippen LogP contribution in [0.4, 0.5) is 0 Å². The Bertz CT molecular complexity index is 1060. The summed E-state index contributed by atoms with van der Waals surface area (Å²) in [6, 6.07) is 11.5. The lowest BCUT2D eigenvalue weighted by molar-refractivity contribution is 0.834. The fourth-order valence-corrected chi connectivity index (χ4v) is 2.76. The van der Waals surface area contributed by atoms with Crippen LogP contribution in [0, 0.1) is 13.8 Å². The standard InChI is InChI=1S/C16H14N6O/c1-10-8-13(22-16(19-10)17-9-18-22)14-11(2)21(20-15(14)23)12-6-4-3-5-7-12/h3-9H,1-2H3,(H,20,23). The number of aryl methyl sites for hydroxylation is 1. The molecule has 0 fully saturated rings. The molecule has 3 heterocycles. The second-order valence-electron chi connectivity index (χ2n) is 5.33. The molecule has 1 aromatic carbocycles. The number of rotatable bonds is 2. The van der Waals surface area contributed by atoms with Gasteiger partial charge < -0.3 is 0 Å². The van der Waals surface area contributed by atoms with Crippen LogP contribution in [0.25, 0.3) is 22.7 Å². The first-order valence-electron chi connectivity index (χ1n) is 7.20. The quantitative estimate of drug-likeness (QED) is 0.613. The van der Waals surface area contributed by atoms with Gasteiger partial charge >= 0.3 is 0 Å². The van der Waals surface area contributed by atoms with E-state index in [9.17, 15) is 4.79 Å². The first-order valence-corrected chi connectivity index (χ1v) is 7.20. The number of nitrogens with zero attached hydrogens (tertiary/aromatic N) is 5. The molecule has 4 aromatic rings. The van der Waals surface area contributed by atoms with Crippen molar-refractivity contribution in [1.29, 1.82) is 0 Å². The topological polar surface area (TPSA) is 80.9 Å². The zero-order valence-electron chi connectivity index (χ0n) is 12.7. The molecule has 0 bridgehead atoms. The predicted molar refractivity (Wildman–Crippen MR) is 85.6 cm³/mol. The van der Waals surface area contributed by atoms with E-state index in [0.717, 1.165) is 17.1 Å². The van der Waals surface area contributed by atoms with Crippen LogP contribution in [-0.2, 0) is 0 Å².